The van der Waals surface area contributed by atoms with Crippen molar-refractivity contribution in [2.45, 2.75) is 24.8 Å². The van der Waals surface area contributed by atoms with Crippen molar-refractivity contribution in [1.29, 1.82) is 0 Å². The molecule has 1 aliphatic carbocycles. The number of aliphatic hydroxyl groups excluding tert-OH is 1. The van der Waals surface area contributed by atoms with Gasteiger partial charge in [0.15, 0.2) is 0 Å². The molecule has 3 heteroatoms. The van der Waals surface area contributed by atoms with E-state index < -0.39 is 5.54 Å². The summed E-state index contributed by atoms with van der Waals surface area (Å²) in [5, 5.41) is 9.19. The Morgan fingerprint density at radius 3 is 3.00 bits per heavy atom. The third-order valence-electron chi connectivity index (χ3n) is 3.04. The third-order valence-corrected chi connectivity index (χ3v) is 3.04. The molecule has 72 valence electrons. The molecule has 1 unspecified atom stereocenters. The summed E-state index contributed by atoms with van der Waals surface area (Å²) in [7, 11) is 5.87. The minimum atomic E-state index is -0.444. The van der Waals surface area contributed by atoms with Crippen LogP contribution in [0.3, 0.4) is 0 Å². The van der Waals surface area contributed by atoms with Gasteiger partial charge >= 0.3 is 0 Å². The zero-order valence-electron chi connectivity index (χ0n) is 8.16. The summed E-state index contributed by atoms with van der Waals surface area (Å²) < 4.78 is 0. The zero-order valence-corrected chi connectivity index (χ0v) is 8.16. The van der Waals surface area contributed by atoms with E-state index in [1.54, 1.807) is 0 Å². The smallest absolute Gasteiger partial charge is 0.114 e. The average molecular weight is 187 g/mol. The molecule has 1 aliphatic rings. The number of fused-ring (bicyclic) bond motifs is 1. The maximum atomic E-state index is 9.19. The average Bonchev–Trinajstić information content (AvgIpc) is 2.18. The molecule has 0 bridgehead atoms. The topological polar surface area (TPSA) is 46.2 Å². The van der Waals surface area contributed by atoms with Crippen molar-refractivity contribution in [1.82, 2.24) is 0 Å². The van der Waals surface area contributed by atoms with Crippen LogP contribution in [0.15, 0.2) is 18.2 Å². The van der Waals surface area contributed by atoms with Gasteiger partial charge in [0.25, 0.3) is 0 Å². The second kappa shape index (κ2) is 3.41. The van der Waals surface area contributed by atoms with Gasteiger partial charge in [0.2, 0.25) is 0 Å². The fourth-order valence-corrected chi connectivity index (χ4v) is 2.10. The van der Waals surface area contributed by atoms with Gasteiger partial charge in [-0.25, -0.2) is 0 Å². The first-order valence-corrected chi connectivity index (χ1v) is 4.91. The molecule has 2 radical (unpaired) electrons. The van der Waals surface area contributed by atoms with Gasteiger partial charge in [-0.2, -0.15) is 0 Å². The van der Waals surface area contributed by atoms with E-state index in [1.807, 2.05) is 18.2 Å². The monoisotopic (exact) mass is 187 g/mol. The molecule has 0 fully saturated rings. The van der Waals surface area contributed by atoms with E-state index in [0.717, 1.165) is 24.7 Å². The highest BCUT2D eigenvalue weighted by atomic mass is 16.3. The molecular weight excluding hydrogens is 173 g/mol. The Morgan fingerprint density at radius 2 is 2.29 bits per heavy atom. The lowest BCUT2D eigenvalue weighted by Gasteiger charge is -2.33. The van der Waals surface area contributed by atoms with Crippen molar-refractivity contribution in [3.8, 4) is 0 Å². The molecule has 0 saturated carbocycles. The molecule has 0 saturated heterocycles. The Kier molecular flexibility index (Phi) is 2.37. The Balaban J connectivity index is 2.36. The van der Waals surface area contributed by atoms with Gasteiger partial charge in [-0.1, -0.05) is 29.2 Å². The first-order chi connectivity index (χ1) is 6.64. The summed E-state index contributed by atoms with van der Waals surface area (Å²) in [6.07, 6.45) is 2.41. The van der Waals surface area contributed by atoms with Crippen molar-refractivity contribution < 1.29 is 5.11 Å². The molecule has 1 atom stereocenters. The van der Waals surface area contributed by atoms with Crippen molar-refractivity contribution in [2.75, 3.05) is 6.61 Å². The van der Waals surface area contributed by atoms with Crippen LogP contribution in [0.5, 0.6) is 0 Å². The molecule has 3 N–H and O–H groups in total. The van der Waals surface area contributed by atoms with Gasteiger partial charge in [0.05, 0.1) is 6.61 Å². The summed E-state index contributed by atoms with van der Waals surface area (Å²) in [6.45, 7) is 0.0429. The van der Waals surface area contributed by atoms with Crippen LogP contribution in [-0.4, -0.2) is 25.1 Å². The maximum Gasteiger partial charge on any atom is 0.114 e. The second-order valence-corrected chi connectivity index (χ2v) is 4.18. The largest absolute Gasteiger partial charge is 0.394 e. The minimum absolute atomic E-state index is 0.0429. The summed E-state index contributed by atoms with van der Waals surface area (Å²) in [5.41, 5.74) is 8.84. The second-order valence-electron chi connectivity index (χ2n) is 4.18. The van der Waals surface area contributed by atoms with Crippen LogP contribution in [-0.2, 0) is 12.8 Å². The van der Waals surface area contributed by atoms with Crippen LogP contribution >= 0.6 is 0 Å². The predicted octanol–water partition coefficient (Wildman–Crippen LogP) is -0.341. The molecule has 0 amide bonds. The first-order valence-electron chi connectivity index (χ1n) is 4.91. The van der Waals surface area contributed by atoms with Gasteiger partial charge in [0.1, 0.15) is 7.85 Å². The number of hydrogen-bond acceptors (Lipinski definition) is 2. The first kappa shape index (κ1) is 9.75. The fourth-order valence-electron chi connectivity index (χ4n) is 2.10. The van der Waals surface area contributed by atoms with Crippen LogP contribution < -0.4 is 11.2 Å². The van der Waals surface area contributed by atoms with Crippen LogP contribution in [0.2, 0.25) is 0 Å². The van der Waals surface area contributed by atoms with E-state index >= 15 is 0 Å². The van der Waals surface area contributed by atoms with Crippen molar-refractivity contribution >= 4 is 13.3 Å². The Bertz CT molecular complexity index is 353. The van der Waals surface area contributed by atoms with E-state index in [2.05, 4.69) is 0 Å². The molecular formula is C11H14BNO. The Morgan fingerprint density at radius 1 is 1.50 bits per heavy atom. The lowest BCUT2D eigenvalue weighted by atomic mass is 9.74. The summed E-state index contributed by atoms with van der Waals surface area (Å²) in [4.78, 5) is 0. The molecule has 1 aromatic rings. The van der Waals surface area contributed by atoms with Crippen molar-refractivity contribution in [2.24, 2.45) is 5.73 Å². The van der Waals surface area contributed by atoms with Crippen molar-refractivity contribution in [3.05, 3.63) is 29.3 Å². The van der Waals surface area contributed by atoms with Crippen LogP contribution in [0.1, 0.15) is 17.5 Å². The molecule has 2 rings (SSSR count). The highest BCUT2D eigenvalue weighted by Gasteiger charge is 2.29. The third kappa shape index (κ3) is 1.58. The van der Waals surface area contributed by atoms with Gasteiger partial charge < -0.3 is 10.8 Å². The van der Waals surface area contributed by atoms with Crippen molar-refractivity contribution in [3.63, 3.8) is 0 Å². The van der Waals surface area contributed by atoms with Crippen LogP contribution in [0.25, 0.3) is 0 Å². The standard InChI is InChI=1S/C11H14BNO/c12-10-3-1-2-8-6-11(13,7-14)5-4-9(8)10/h1-3,14H,4-7,13H2. The normalized spacial score (nSPS) is 25.9. The summed E-state index contributed by atoms with van der Waals surface area (Å²) >= 11 is 0. The SMILES string of the molecule is [B]c1cccc2c1CCC(N)(CO)C2. The van der Waals surface area contributed by atoms with Gasteiger partial charge in [-0.15, -0.1) is 0 Å². The zero-order chi connectivity index (χ0) is 10.2. The van der Waals surface area contributed by atoms with Crippen LogP contribution in [0.4, 0.5) is 0 Å². The Labute approximate surface area is 85.5 Å². The molecule has 0 heterocycles. The maximum absolute atomic E-state index is 9.19. The van der Waals surface area contributed by atoms with Gasteiger partial charge in [-0.3, -0.25) is 0 Å². The highest BCUT2D eigenvalue weighted by Crippen LogP contribution is 2.25. The van der Waals surface area contributed by atoms with Gasteiger partial charge in [0, 0.05) is 5.54 Å². The van der Waals surface area contributed by atoms with E-state index in [0.29, 0.717) is 0 Å². The van der Waals surface area contributed by atoms with Gasteiger partial charge in [-0.05, 0) is 24.8 Å². The molecule has 0 aromatic heterocycles. The number of aliphatic hydroxyl groups is 1. The number of benzene rings is 1. The number of hydrogen-bond donors (Lipinski definition) is 2. The fraction of sp³-hybridized carbons (Fsp3) is 0.455. The molecule has 14 heavy (non-hydrogen) atoms. The van der Waals surface area contributed by atoms with E-state index in [9.17, 15) is 5.11 Å². The van der Waals surface area contributed by atoms with Crippen LogP contribution in [0, 0.1) is 0 Å². The minimum Gasteiger partial charge on any atom is -0.394 e. The summed E-state index contributed by atoms with van der Waals surface area (Å²) in [6, 6.07) is 5.90. The quantitative estimate of drug-likeness (QED) is 0.590. The Hall–Kier alpha value is -0.795. The predicted molar refractivity (Wildman–Crippen MR) is 57.9 cm³/mol. The molecule has 2 nitrogen and oxygen atoms in total. The number of rotatable bonds is 1. The molecule has 0 spiro atoms. The number of nitrogens with two attached hydrogens (primary N) is 1. The lowest BCUT2D eigenvalue weighted by molar-refractivity contribution is 0.181. The van der Waals surface area contributed by atoms with E-state index in [-0.39, 0.29) is 6.61 Å². The molecule has 1 aromatic carbocycles. The van der Waals surface area contributed by atoms with E-state index in [4.69, 9.17) is 13.6 Å². The highest BCUT2D eigenvalue weighted by molar-refractivity contribution is 6.33. The van der Waals surface area contributed by atoms with E-state index in [1.165, 1.54) is 11.1 Å². The molecule has 0 aliphatic heterocycles. The lowest BCUT2D eigenvalue weighted by Crippen LogP contribution is -2.49. The summed E-state index contributed by atoms with van der Waals surface area (Å²) in [5.74, 6) is 0.